The topological polar surface area (TPSA) is 49.3 Å². The molecule has 2 rings (SSSR count). The zero-order valence-electron chi connectivity index (χ0n) is 9.86. The first-order valence-electron chi connectivity index (χ1n) is 5.56. The van der Waals surface area contributed by atoms with Crippen molar-refractivity contribution in [1.29, 1.82) is 0 Å². The number of amides is 1. The molecule has 2 aromatic carbocycles. The summed E-state index contributed by atoms with van der Waals surface area (Å²) in [7, 11) is 0. The van der Waals surface area contributed by atoms with Crippen molar-refractivity contribution >= 4 is 27.5 Å². The largest absolute Gasteiger partial charge is 0.392 e. The number of halogens is 2. The van der Waals surface area contributed by atoms with Crippen LogP contribution in [0.4, 0.5) is 10.1 Å². The average molecular weight is 324 g/mol. The van der Waals surface area contributed by atoms with Crippen LogP contribution in [0.15, 0.2) is 46.9 Å². The molecule has 0 fully saturated rings. The number of hydrogen-bond acceptors (Lipinski definition) is 2. The van der Waals surface area contributed by atoms with Gasteiger partial charge >= 0.3 is 0 Å². The second-order valence-corrected chi connectivity index (χ2v) is 4.79. The summed E-state index contributed by atoms with van der Waals surface area (Å²) in [4.78, 5) is 11.9. The minimum absolute atomic E-state index is 0.0425. The standard InChI is InChI=1S/C14H11BrFNO2/c15-12-7-10(3-6-13(12)16)14(19)17-11-4-1-9(8-18)2-5-11/h1-7,18H,8H2,(H,17,19). The summed E-state index contributed by atoms with van der Waals surface area (Å²) >= 11 is 3.04. The van der Waals surface area contributed by atoms with Crippen LogP contribution in [0.1, 0.15) is 15.9 Å². The molecular formula is C14H11BrFNO2. The number of aliphatic hydroxyl groups excluding tert-OH is 1. The molecule has 0 bridgehead atoms. The van der Waals surface area contributed by atoms with Crippen molar-refractivity contribution in [2.24, 2.45) is 0 Å². The van der Waals surface area contributed by atoms with E-state index >= 15 is 0 Å². The molecule has 0 saturated heterocycles. The molecule has 0 spiro atoms. The van der Waals surface area contributed by atoms with E-state index in [1.54, 1.807) is 24.3 Å². The Balaban J connectivity index is 2.13. The van der Waals surface area contributed by atoms with E-state index in [1.807, 2.05) is 0 Å². The summed E-state index contributed by atoms with van der Waals surface area (Å²) in [6, 6.07) is 10.9. The van der Waals surface area contributed by atoms with Gasteiger partial charge in [-0.2, -0.15) is 0 Å². The molecule has 0 radical (unpaired) electrons. The third-order valence-electron chi connectivity index (χ3n) is 2.58. The monoisotopic (exact) mass is 323 g/mol. The van der Waals surface area contributed by atoms with E-state index in [9.17, 15) is 9.18 Å². The molecule has 1 amide bonds. The molecule has 2 N–H and O–H groups in total. The first-order valence-corrected chi connectivity index (χ1v) is 6.35. The Morgan fingerprint density at radius 3 is 2.47 bits per heavy atom. The van der Waals surface area contributed by atoms with Gasteiger partial charge in [-0.3, -0.25) is 4.79 Å². The maximum atomic E-state index is 13.1. The van der Waals surface area contributed by atoms with Crippen LogP contribution in [-0.2, 0) is 6.61 Å². The fraction of sp³-hybridized carbons (Fsp3) is 0.0714. The smallest absolute Gasteiger partial charge is 0.255 e. The third kappa shape index (κ3) is 3.39. The Kier molecular flexibility index (Phi) is 4.29. The summed E-state index contributed by atoms with van der Waals surface area (Å²) in [6.07, 6.45) is 0. The summed E-state index contributed by atoms with van der Waals surface area (Å²) < 4.78 is 13.3. The van der Waals surface area contributed by atoms with Gasteiger partial charge in [0.25, 0.3) is 5.91 Å². The number of carbonyl (C=O) groups excluding carboxylic acids is 1. The normalized spacial score (nSPS) is 10.3. The van der Waals surface area contributed by atoms with E-state index in [4.69, 9.17) is 5.11 Å². The van der Waals surface area contributed by atoms with E-state index in [0.717, 1.165) is 5.56 Å². The van der Waals surface area contributed by atoms with Crippen LogP contribution in [0.3, 0.4) is 0 Å². The fourth-order valence-electron chi connectivity index (χ4n) is 1.53. The van der Waals surface area contributed by atoms with E-state index in [0.29, 0.717) is 11.3 Å². The van der Waals surface area contributed by atoms with Gasteiger partial charge in [-0.1, -0.05) is 12.1 Å². The van der Waals surface area contributed by atoms with Gasteiger partial charge in [0.05, 0.1) is 11.1 Å². The second-order valence-electron chi connectivity index (χ2n) is 3.94. The van der Waals surface area contributed by atoms with Crippen LogP contribution in [0, 0.1) is 5.82 Å². The number of rotatable bonds is 3. The highest BCUT2D eigenvalue weighted by atomic mass is 79.9. The Hall–Kier alpha value is -1.72. The highest BCUT2D eigenvalue weighted by Gasteiger charge is 2.08. The molecule has 0 unspecified atom stereocenters. The first kappa shape index (κ1) is 13.7. The van der Waals surface area contributed by atoms with Gasteiger partial charge in [0.15, 0.2) is 0 Å². The lowest BCUT2D eigenvalue weighted by molar-refractivity contribution is 0.102. The van der Waals surface area contributed by atoms with Crippen molar-refractivity contribution in [2.45, 2.75) is 6.61 Å². The van der Waals surface area contributed by atoms with Crippen LogP contribution in [-0.4, -0.2) is 11.0 Å². The molecule has 19 heavy (non-hydrogen) atoms. The third-order valence-corrected chi connectivity index (χ3v) is 3.18. The summed E-state index contributed by atoms with van der Waals surface area (Å²) in [5.74, 6) is -0.735. The maximum Gasteiger partial charge on any atom is 0.255 e. The molecule has 0 saturated carbocycles. The lowest BCUT2D eigenvalue weighted by atomic mass is 10.2. The molecule has 3 nitrogen and oxygen atoms in total. The minimum Gasteiger partial charge on any atom is -0.392 e. The van der Waals surface area contributed by atoms with E-state index in [-0.39, 0.29) is 17.0 Å². The van der Waals surface area contributed by atoms with Crippen LogP contribution in [0.5, 0.6) is 0 Å². The highest BCUT2D eigenvalue weighted by molar-refractivity contribution is 9.10. The van der Waals surface area contributed by atoms with Crippen LogP contribution < -0.4 is 5.32 Å². The Labute approximate surface area is 118 Å². The molecule has 0 aliphatic heterocycles. The number of benzene rings is 2. The molecule has 0 aromatic heterocycles. The molecule has 0 atom stereocenters. The molecule has 0 heterocycles. The van der Waals surface area contributed by atoms with Gasteiger partial charge < -0.3 is 10.4 Å². The number of hydrogen-bond donors (Lipinski definition) is 2. The van der Waals surface area contributed by atoms with Crippen molar-refractivity contribution < 1.29 is 14.3 Å². The first-order chi connectivity index (χ1) is 9.10. The molecule has 0 aliphatic rings. The van der Waals surface area contributed by atoms with Crippen molar-refractivity contribution in [3.8, 4) is 0 Å². The minimum atomic E-state index is -0.413. The average Bonchev–Trinajstić information content (AvgIpc) is 2.42. The predicted molar refractivity (Wildman–Crippen MR) is 74.4 cm³/mol. The maximum absolute atomic E-state index is 13.1. The van der Waals surface area contributed by atoms with E-state index < -0.39 is 5.82 Å². The predicted octanol–water partition coefficient (Wildman–Crippen LogP) is 3.33. The SMILES string of the molecule is O=C(Nc1ccc(CO)cc1)c1ccc(F)c(Br)c1. The highest BCUT2D eigenvalue weighted by Crippen LogP contribution is 2.18. The number of nitrogens with one attached hydrogen (secondary N) is 1. The zero-order chi connectivity index (χ0) is 13.8. The van der Waals surface area contributed by atoms with E-state index in [1.165, 1.54) is 18.2 Å². The van der Waals surface area contributed by atoms with Gasteiger partial charge in [0, 0.05) is 11.3 Å². The lowest BCUT2D eigenvalue weighted by Gasteiger charge is -2.06. The Morgan fingerprint density at radius 1 is 1.21 bits per heavy atom. The summed E-state index contributed by atoms with van der Waals surface area (Å²) in [5.41, 5.74) is 1.74. The zero-order valence-corrected chi connectivity index (χ0v) is 11.4. The van der Waals surface area contributed by atoms with Crippen LogP contribution in [0.2, 0.25) is 0 Å². The van der Waals surface area contributed by atoms with Crippen LogP contribution in [0.25, 0.3) is 0 Å². The number of aliphatic hydroxyl groups is 1. The Bertz CT molecular complexity index is 599. The van der Waals surface area contributed by atoms with Crippen LogP contribution >= 0.6 is 15.9 Å². The second kappa shape index (κ2) is 5.95. The molecule has 2 aromatic rings. The van der Waals surface area contributed by atoms with E-state index in [2.05, 4.69) is 21.2 Å². The lowest BCUT2D eigenvalue weighted by Crippen LogP contribution is -2.12. The van der Waals surface area contributed by atoms with Gasteiger partial charge in [-0.05, 0) is 51.8 Å². The van der Waals surface area contributed by atoms with Crippen molar-refractivity contribution in [2.75, 3.05) is 5.32 Å². The quantitative estimate of drug-likeness (QED) is 0.910. The number of carbonyl (C=O) groups is 1. The molecular weight excluding hydrogens is 313 g/mol. The summed E-state index contributed by atoms with van der Waals surface area (Å²) in [6.45, 7) is -0.0425. The van der Waals surface area contributed by atoms with Crippen molar-refractivity contribution in [3.63, 3.8) is 0 Å². The van der Waals surface area contributed by atoms with Gasteiger partial charge in [-0.15, -0.1) is 0 Å². The Morgan fingerprint density at radius 2 is 1.89 bits per heavy atom. The molecule has 0 aliphatic carbocycles. The summed E-state index contributed by atoms with van der Waals surface area (Å²) in [5, 5.41) is 11.6. The van der Waals surface area contributed by atoms with Crippen molar-refractivity contribution in [1.82, 2.24) is 0 Å². The molecule has 5 heteroatoms. The van der Waals surface area contributed by atoms with Crippen molar-refractivity contribution in [3.05, 3.63) is 63.9 Å². The number of anilines is 1. The van der Waals surface area contributed by atoms with Gasteiger partial charge in [0.2, 0.25) is 0 Å². The van der Waals surface area contributed by atoms with Gasteiger partial charge in [0.1, 0.15) is 5.82 Å². The fourth-order valence-corrected chi connectivity index (χ4v) is 1.91. The van der Waals surface area contributed by atoms with Gasteiger partial charge in [-0.25, -0.2) is 4.39 Å². The molecule has 98 valence electrons.